The third kappa shape index (κ3) is 2.23. The summed E-state index contributed by atoms with van der Waals surface area (Å²) >= 11 is 0. The fourth-order valence-electron chi connectivity index (χ4n) is 0.680. The Bertz CT molecular complexity index is 167. The molecule has 0 aliphatic rings. The molecule has 0 aliphatic carbocycles. The lowest BCUT2D eigenvalue weighted by atomic mass is 10.3. The van der Waals surface area contributed by atoms with Gasteiger partial charge in [-0.3, -0.25) is 0 Å². The van der Waals surface area contributed by atoms with Crippen molar-refractivity contribution in [1.82, 2.24) is 4.90 Å². The molecule has 1 aromatic rings. The summed E-state index contributed by atoms with van der Waals surface area (Å²) in [5, 5.41) is 0. The van der Waals surface area contributed by atoms with Gasteiger partial charge in [-0.25, -0.2) is 0 Å². The summed E-state index contributed by atoms with van der Waals surface area (Å²) < 4.78 is 5.10. The Morgan fingerprint density at radius 1 is 1.60 bits per heavy atom. The first kappa shape index (κ1) is 7.35. The highest BCUT2D eigenvalue weighted by Crippen LogP contribution is 2.02. The van der Waals surface area contributed by atoms with Gasteiger partial charge in [0.25, 0.3) is 0 Å². The minimum atomic E-state index is 0.924. The van der Waals surface area contributed by atoms with E-state index in [0.29, 0.717) is 0 Å². The molecule has 0 N–H and O–H groups in total. The lowest BCUT2D eigenvalue weighted by Gasteiger charge is -2.05. The van der Waals surface area contributed by atoms with Crippen LogP contribution in [0, 0.1) is 6.42 Å². The number of nitrogens with zero attached hydrogens (tertiary/aromatic N) is 1. The van der Waals surface area contributed by atoms with Crippen LogP contribution < -0.4 is 0 Å². The highest BCUT2D eigenvalue weighted by atomic mass is 16.3. The van der Waals surface area contributed by atoms with Crippen LogP contribution in [0.1, 0.15) is 5.76 Å². The zero-order valence-electron chi connectivity index (χ0n) is 6.37. The van der Waals surface area contributed by atoms with Crippen LogP contribution in [-0.2, 0) is 0 Å². The smallest absolute Gasteiger partial charge is 0.108 e. The fourth-order valence-corrected chi connectivity index (χ4v) is 0.680. The van der Waals surface area contributed by atoms with Gasteiger partial charge in [-0.15, -0.1) is 0 Å². The first-order chi connectivity index (χ1) is 4.79. The third-order valence-electron chi connectivity index (χ3n) is 1.20. The van der Waals surface area contributed by atoms with Crippen molar-refractivity contribution in [3.8, 4) is 0 Å². The molecule has 1 heterocycles. The van der Waals surface area contributed by atoms with Crippen LogP contribution in [-0.4, -0.2) is 25.5 Å². The van der Waals surface area contributed by atoms with E-state index in [1.807, 2.05) is 32.6 Å². The lowest BCUT2D eigenvalue weighted by Crippen LogP contribution is -2.13. The van der Waals surface area contributed by atoms with E-state index in [4.69, 9.17) is 4.42 Å². The van der Waals surface area contributed by atoms with Gasteiger partial charge in [0.05, 0.1) is 6.26 Å². The zero-order valence-corrected chi connectivity index (χ0v) is 6.37. The molecule has 0 amide bonds. The molecular formula is C8H12NO. The third-order valence-corrected chi connectivity index (χ3v) is 1.20. The van der Waals surface area contributed by atoms with E-state index in [-0.39, 0.29) is 0 Å². The molecule has 0 saturated carbocycles. The summed E-state index contributed by atoms with van der Waals surface area (Å²) in [6.45, 7) is 0.924. The van der Waals surface area contributed by atoms with E-state index in [1.54, 1.807) is 6.26 Å². The summed E-state index contributed by atoms with van der Waals surface area (Å²) in [5.41, 5.74) is 0. The molecule has 2 nitrogen and oxygen atoms in total. The number of hydrogen-bond acceptors (Lipinski definition) is 2. The van der Waals surface area contributed by atoms with Crippen molar-refractivity contribution in [3.63, 3.8) is 0 Å². The van der Waals surface area contributed by atoms with E-state index >= 15 is 0 Å². The van der Waals surface area contributed by atoms with Crippen molar-refractivity contribution >= 4 is 0 Å². The van der Waals surface area contributed by atoms with E-state index in [2.05, 4.69) is 4.90 Å². The lowest BCUT2D eigenvalue weighted by molar-refractivity contribution is 0.431. The Balaban J connectivity index is 2.28. The first-order valence-corrected chi connectivity index (χ1v) is 3.30. The van der Waals surface area contributed by atoms with Gasteiger partial charge in [-0.2, -0.15) is 0 Å². The van der Waals surface area contributed by atoms with Crippen LogP contribution in [0.3, 0.4) is 0 Å². The van der Waals surface area contributed by atoms with Crippen molar-refractivity contribution in [2.75, 3.05) is 20.6 Å². The van der Waals surface area contributed by atoms with E-state index < -0.39 is 0 Å². The Kier molecular flexibility index (Phi) is 2.51. The monoisotopic (exact) mass is 138 g/mol. The molecule has 55 valence electrons. The summed E-state index contributed by atoms with van der Waals surface area (Å²) in [7, 11) is 4.05. The van der Waals surface area contributed by atoms with Gasteiger partial charge >= 0.3 is 0 Å². The van der Waals surface area contributed by atoms with Crippen LogP contribution in [0.15, 0.2) is 22.8 Å². The first-order valence-electron chi connectivity index (χ1n) is 3.30. The highest BCUT2D eigenvalue weighted by Gasteiger charge is 1.95. The Hall–Kier alpha value is -0.760. The van der Waals surface area contributed by atoms with E-state index in [9.17, 15) is 0 Å². The summed E-state index contributed by atoms with van der Waals surface area (Å²) in [4.78, 5) is 2.09. The van der Waals surface area contributed by atoms with Crippen LogP contribution in [0.25, 0.3) is 0 Å². The second-order valence-electron chi connectivity index (χ2n) is 2.48. The van der Waals surface area contributed by atoms with Gasteiger partial charge in [-0.1, -0.05) is 0 Å². The van der Waals surface area contributed by atoms with Crippen LogP contribution in [0.5, 0.6) is 0 Å². The minimum absolute atomic E-state index is 0.924. The normalized spacial score (nSPS) is 10.7. The average molecular weight is 138 g/mol. The van der Waals surface area contributed by atoms with Crippen LogP contribution in [0.4, 0.5) is 0 Å². The molecule has 10 heavy (non-hydrogen) atoms. The van der Waals surface area contributed by atoms with Gasteiger partial charge in [0.1, 0.15) is 5.76 Å². The second-order valence-corrected chi connectivity index (χ2v) is 2.48. The summed E-state index contributed by atoms with van der Waals surface area (Å²) in [6, 6.07) is 3.84. The number of hydrogen-bond donors (Lipinski definition) is 0. The van der Waals surface area contributed by atoms with Gasteiger partial charge in [0.15, 0.2) is 0 Å². The number of furan rings is 1. The molecule has 1 aromatic heterocycles. The van der Waals surface area contributed by atoms with Gasteiger partial charge in [0, 0.05) is 13.0 Å². The molecule has 0 saturated heterocycles. The fraction of sp³-hybridized carbons (Fsp3) is 0.375. The zero-order chi connectivity index (χ0) is 7.40. The average Bonchev–Trinajstić information content (AvgIpc) is 2.34. The predicted octanol–water partition coefficient (Wildman–Crippen LogP) is 1.39. The highest BCUT2D eigenvalue weighted by molar-refractivity contribution is 5.09. The quantitative estimate of drug-likeness (QED) is 0.627. The molecule has 0 atom stereocenters. The van der Waals surface area contributed by atoms with Crippen LogP contribution >= 0.6 is 0 Å². The minimum Gasteiger partial charge on any atom is -0.469 e. The van der Waals surface area contributed by atoms with Crippen molar-refractivity contribution in [2.45, 2.75) is 0 Å². The van der Waals surface area contributed by atoms with E-state index in [0.717, 1.165) is 12.3 Å². The molecule has 0 bridgehead atoms. The van der Waals surface area contributed by atoms with Crippen molar-refractivity contribution < 1.29 is 4.42 Å². The Morgan fingerprint density at radius 2 is 2.40 bits per heavy atom. The van der Waals surface area contributed by atoms with E-state index in [1.165, 1.54) is 0 Å². The maximum absolute atomic E-state index is 5.10. The molecule has 0 aliphatic heterocycles. The summed E-state index contributed by atoms with van der Waals surface area (Å²) in [6.07, 6.45) is 3.72. The molecule has 0 spiro atoms. The molecule has 2 heteroatoms. The van der Waals surface area contributed by atoms with Crippen molar-refractivity contribution in [3.05, 3.63) is 30.6 Å². The maximum atomic E-state index is 5.10. The Morgan fingerprint density at radius 3 is 2.90 bits per heavy atom. The molecule has 1 rings (SSSR count). The SMILES string of the molecule is CN(C)C[CH]c1ccco1. The molecule has 1 radical (unpaired) electrons. The molecular weight excluding hydrogens is 126 g/mol. The van der Waals surface area contributed by atoms with Crippen LogP contribution in [0.2, 0.25) is 0 Å². The van der Waals surface area contributed by atoms with Gasteiger partial charge in [-0.05, 0) is 26.2 Å². The standard InChI is InChI=1S/C8H12NO/c1-9(2)6-5-8-4-3-7-10-8/h3-5,7H,6H2,1-2H3. The van der Waals surface area contributed by atoms with Gasteiger partial charge < -0.3 is 9.32 Å². The predicted molar refractivity (Wildman–Crippen MR) is 40.7 cm³/mol. The Labute approximate surface area is 61.4 Å². The number of rotatable bonds is 3. The van der Waals surface area contributed by atoms with Crippen molar-refractivity contribution in [1.29, 1.82) is 0 Å². The maximum Gasteiger partial charge on any atom is 0.108 e. The largest absolute Gasteiger partial charge is 0.469 e. The molecule has 0 unspecified atom stereocenters. The topological polar surface area (TPSA) is 16.4 Å². The molecule has 0 aromatic carbocycles. The van der Waals surface area contributed by atoms with Crippen molar-refractivity contribution in [2.24, 2.45) is 0 Å². The molecule has 0 fully saturated rings. The second kappa shape index (κ2) is 3.42. The summed E-state index contributed by atoms with van der Waals surface area (Å²) in [5.74, 6) is 0.939. The number of likely N-dealkylation sites (N-methyl/N-ethyl adjacent to an activating group) is 1. The van der Waals surface area contributed by atoms with Gasteiger partial charge in [0.2, 0.25) is 0 Å².